The molecule has 0 aliphatic carbocycles. The van der Waals surface area contributed by atoms with Gasteiger partial charge in [-0.3, -0.25) is 0 Å². The Bertz CT molecular complexity index is 538. The molecule has 0 aromatic heterocycles. The smallest absolute Gasteiger partial charge is 0.00190 e. The van der Waals surface area contributed by atoms with Crippen LogP contribution in [0.2, 0.25) is 0 Å². The van der Waals surface area contributed by atoms with E-state index in [0.717, 1.165) is 6.42 Å². The first-order valence-corrected chi connectivity index (χ1v) is 6.87. The third-order valence-electron chi connectivity index (χ3n) is 3.90. The maximum atomic E-state index is 5.82. The highest BCUT2D eigenvalue weighted by molar-refractivity contribution is 5.34. The average Bonchev–Trinajstić information content (AvgIpc) is 2.42. The topological polar surface area (TPSA) is 26.0 Å². The second-order valence-electron chi connectivity index (χ2n) is 5.89. The van der Waals surface area contributed by atoms with Crippen molar-refractivity contribution in [1.82, 2.24) is 0 Å². The lowest BCUT2D eigenvalue weighted by atomic mass is 9.84. The Morgan fingerprint density at radius 2 is 1.58 bits per heavy atom. The van der Waals surface area contributed by atoms with Crippen LogP contribution in [0.15, 0.2) is 48.5 Å². The highest BCUT2D eigenvalue weighted by Crippen LogP contribution is 2.23. The molecule has 0 unspecified atom stereocenters. The van der Waals surface area contributed by atoms with Crippen molar-refractivity contribution in [2.24, 2.45) is 5.73 Å². The van der Waals surface area contributed by atoms with Crippen molar-refractivity contribution in [3.63, 3.8) is 0 Å². The van der Waals surface area contributed by atoms with Gasteiger partial charge >= 0.3 is 0 Å². The molecule has 1 nitrogen and oxygen atoms in total. The van der Waals surface area contributed by atoms with Crippen LogP contribution in [0.5, 0.6) is 0 Å². The Kier molecular flexibility index (Phi) is 4.06. The van der Waals surface area contributed by atoms with Crippen LogP contribution in [0.4, 0.5) is 0 Å². The molecule has 0 amide bonds. The minimum atomic E-state index is 0.0567. The minimum absolute atomic E-state index is 0.0567. The van der Waals surface area contributed by atoms with Gasteiger partial charge in [0.15, 0.2) is 0 Å². The number of aryl methyl sites for hydroxylation is 1. The largest absolute Gasteiger partial charge is 0.330 e. The van der Waals surface area contributed by atoms with Gasteiger partial charge in [-0.2, -0.15) is 0 Å². The summed E-state index contributed by atoms with van der Waals surface area (Å²) >= 11 is 0. The van der Waals surface area contributed by atoms with Crippen molar-refractivity contribution in [1.29, 1.82) is 0 Å². The van der Waals surface area contributed by atoms with Gasteiger partial charge in [-0.15, -0.1) is 0 Å². The first kappa shape index (κ1) is 13.8. The molecule has 2 N–H and O–H groups in total. The number of hydrogen-bond acceptors (Lipinski definition) is 1. The second-order valence-corrected chi connectivity index (χ2v) is 5.89. The molecular formula is C18H23N. The molecule has 2 aromatic carbocycles. The Hall–Kier alpha value is -1.60. The van der Waals surface area contributed by atoms with Gasteiger partial charge < -0.3 is 5.73 Å². The van der Waals surface area contributed by atoms with Gasteiger partial charge in [-0.1, -0.05) is 62.4 Å². The number of hydrogen-bond donors (Lipinski definition) is 1. The van der Waals surface area contributed by atoms with E-state index in [0.29, 0.717) is 6.54 Å². The van der Waals surface area contributed by atoms with Crippen LogP contribution in [-0.2, 0) is 11.8 Å². The van der Waals surface area contributed by atoms with Gasteiger partial charge in [0, 0.05) is 12.0 Å². The Balaban J connectivity index is 2.18. The highest BCUT2D eigenvalue weighted by atomic mass is 14.6. The molecule has 0 aliphatic heterocycles. The molecule has 0 saturated heterocycles. The van der Waals surface area contributed by atoms with E-state index in [2.05, 4.69) is 69.3 Å². The summed E-state index contributed by atoms with van der Waals surface area (Å²) in [7, 11) is 0. The Morgan fingerprint density at radius 3 is 2.16 bits per heavy atom. The molecule has 2 aromatic rings. The number of rotatable bonds is 4. The Labute approximate surface area is 116 Å². The average molecular weight is 253 g/mol. The van der Waals surface area contributed by atoms with E-state index < -0.39 is 0 Å². The second kappa shape index (κ2) is 5.58. The first-order chi connectivity index (χ1) is 9.03. The number of nitrogens with two attached hydrogens (primary N) is 1. The lowest BCUT2D eigenvalue weighted by Gasteiger charge is -2.23. The van der Waals surface area contributed by atoms with Crippen LogP contribution in [0.1, 0.15) is 36.1 Å². The van der Waals surface area contributed by atoms with E-state index in [1.54, 1.807) is 0 Å². The van der Waals surface area contributed by atoms with Crippen LogP contribution < -0.4 is 5.73 Å². The molecule has 1 heteroatoms. The van der Waals surface area contributed by atoms with Crippen molar-refractivity contribution in [3.05, 3.63) is 70.8 Å². The van der Waals surface area contributed by atoms with Crippen molar-refractivity contribution in [2.45, 2.75) is 32.6 Å². The molecule has 0 radical (unpaired) electrons. The van der Waals surface area contributed by atoms with Crippen LogP contribution in [-0.4, -0.2) is 6.54 Å². The van der Waals surface area contributed by atoms with E-state index in [1.165, 1.54) is 22.3 Å². The van der Waals surface area contributed by atoms with Crippen LogP contribution in [0.25, 0.3) is 0 Å². The lowest BCUT2D eigenvalue weighted by Crippen LogP contribution is -2.27. The van der Waals surface area contributed by atoms with Gasteiger partial charge in [0.05, 0.1) is 0 Å². The van der Waals surface area contributed by atoms with Gasteiger partial charge in [-0.05, 0) is 35.6 Å². The van der Waals surface area contributed by atoms with Gasteiger partial charge in [0.2, 0.25) is 0 Å². The minimum Gasteiger partial charge on any atom is -0.330 e. The SMILES string of the molecule is Cc1ccccc1Cc1ccc(C(C)(C)CN)cc1. The zero-order valence-electron chi connectivity index (χ0n) is 12.1. The zero-order valence-corrected chi connectivity index (χ0v) is 12.1. The quantitative estimate of drug-likeness (QED) is 0.880. The molecule has 0 saturated carbocycles. The van der Waals surface area contributed by atoms with Crippen molar-refractivity contribution < 1.29 is 0 Å². The molecule has 2 rings (SSSR count). The summed E-state index contributed by atoms with van der Waals surface area (Å²) in [6, 6.07) is 17.4. The molecule has 0 heterocycles. The summed E-state index contributed by atoms with van der Waals surface area (Å²) in [6.07, 6.45) is 0.996. The standard InChI is InChI=1S/C18H23N/c1-14-6-4-5-7-16(14)12-15-8-10-17(11-9-15)18(2,3)13-19/h4-11H,12-13,19H2,1-3H3. The maximum absolute atomic E-state index is 5.82. The predicted molar refractivity (Wildman–Crippen MR) is 82.5 cm³/mol. The first-order valence-electron chi connectivity index (χ1n) is 6.87. The van der Waals surface area contributed by atoms with Crippen LogP contribution in [0.3, 0.4) is 0 Å². The van der Waals surface area contributed by atoms with Crippen molar-refractivity contribution in [3.8, 4) is 0 Å². The van der Waals surface area contributed by atoms with Crippen LogP contribution in [0, 0.1) is 6.92 Å². The summed E-state index contributed by atoms with van der Waals surface area (Å²) in [5.74, 6) is 0. The highest BCUT2D eigenvalue weighted by Gasteiger charge is 2.17. The van der Waals surface area contributed by atoms with E-state index >= 15 is 0 Å². The third kappa shape index (κ3) is 3.24. The summed E-state index contributed by atoms with van der Waals surface area (Å²) in [5.41, 5.74) is 11.3. The van der Waals surface area contributed by atoms with E-state index in [4.69, 9.17) is 5.73 Å². The van der Waals surface area contributed by atoms with Gasteiger partial charge in [0.1, 0.15) is 0 Å². The molecule has 100 valence electrons. The maximum Gasteiger partial charge on any atom is 0.00190 e. The fourth-order valence-electron chi connectivity index (χ4n) is 2.22. The molecule has 0 aliphatic rings. The third-order valence-corrected chi connectivity index (χ3v) is 3.90. The molecule has 19 heavy (non-hydrogen) atoms. The molecule has 0 fully saturated rings. The van der Waals surface area contributed by atoms with Gasteiger partial charge in [-0.25, -0.2) is 0 Å². The monoisotopic (exact) mass is 253 g/mol. The summed E-state index contributed by atoms with van der Waals surface area (Å²) in [6.45, 7) is 7.21. The van der Waals surface area contributed by atoms with E-state index in [1.807, 2.05) is 0 Å². The van der Waals surface area contributed by atoms with Gasteiger partial charge in [0.25, 0.3) is 0 Å². The van der Waals surface area contributed by atoms with E-state index in [9.17, 15) is 0 Å². The van der Waals surface area contributed by atoms with Crippen molar-refractivity contribution >= 4 is 0 Å². The predicted octanol–water partition coefficient (Wildman–Crippen LogP) is 3.82. The zero-order chi connectivity index (χ0) is 13.9. The Morgan fingerprint density at radius 1 is 0.947 bits per heavy atom. The molecule has 0 atom stereocenters. The fourth-order valence-corrected chi connectivity index (χ4v) is 2.22. The lowest BCUT2D eigenvalue weighted by molar-refractivity contribution is 0.539. The molecular weight excluding hydrogens is 230 g/mol. The molecule has 0 spiro atoms. The normalized spacial score (nSPS) is 11.6. The van der Waals surface area contributed by atoms with Crippen molar-refractivity contribution in [2.75, 3.05) is 6.54 Å². The summed E-state index contributed by atoms with van der Waals surface area (Å²) in [5, 5.41) is 0. The fraction of sp³-hybridized carbons (Fsp3) is 0.333. The summed E-state index contributed by atoms with van der Waals surface area (Å²) in [4.78, 5) is 0. The number of benzene rings is 2. The van der Waals surface area contributed by atoms with E-state index in [-0.39, 0.29) is 5.41 Å². The summed E-state index contributed by atoms with van der Waals surface area (Å²) < 4.78 is 0. The molecule has 0 bridgehead atoms. The van der Waals surface area contributed by atoms with Crippen LogP contribution >= 0.6 is 0 Å².